The van der Waals surface area contributed by atoms with Crippen molar-refractivity contribution >= 4 is 0 Å². The van der Waals surface area contributed by atoms with Gasteiger partial charge in [0.1, 0.15) is 0 Å². The molecule has 2 aliphatic rings. The van der Waals surface area contributed by atoms with E-state index in [2.05, 4.69) is 0 Å². The Kier molecular flexibility index (Phi) is 6.94. The van der Waals surface area contributed by atoms with Crippen molar-refractivity contribution in [1.29, 1.82) is 0 Å². The number of allylic oxidation sites excluding steroid dienone is 1. The summed E-state index contributed by atoms with van der Waals surface area (Å²) >= 11 is 0. The van der Waals surface area contributed by atoms with Crippen molar-refractivity contribution in [2.45, 2.75) is 64.1 Å². The Morgan fingerprint density at radius 2 is 1.50 bits per heavy atom. The third-order valence-corrected chi connectivity index (χ3v) is 4.55. The van der Waals surface area contributed by atoms with E-state index in [0.717, 1.165) is 44.5 Å². The van der Waals surface area contributed by atoms with E-state index in [-0.39, 0.29) is 6.29 Å². The monoisotopic (exact) mass is 288 g/mol. The largest absolute Gasteiger partial charge is 0.353 e. The molecule has 0 aromatic heterocycles. The fraction of sp³-hybridized carbons (Fsp3) is 0.875. The van der Waals surface area contributed by atoms with Gasteiger partial charge in [-0.3, -0.25) is 0 Å². The average Bonchev–Trinajstić information content (AvgIpc) is 2.47. The van der Waals surface area contributed by atoms with Gasteiger partial charge in [-0.1, -0.05) is 25.7 Å². The van der Waals surface area contributed by atoms with Gasteiger partial charge in [0.05, 0.1) is 13.2 Å². The van der Waals surface area contributed by atoms with Crippen LogP contribution in [0, 0.1) is 11.8 Å². The molecule has 0 atom stereocenters. The quantitative estimate of drug-likeness (QED) is 0.692. The van der Waals surface area contributed by atoms with Gasteiger partial charge in [0.25, 0.3) is 6.08 Å². The fourth-order valence-electron chi connectivity index (χ4n) is 3.31. The van der Waals surface area contributed by atoms with Crippen LogP contribution in [0.15, 0.2) is 12.2 Å². The van der Waals surface area contributed by atoms with E-state index in [1.54, 1.807) is 0 Å². The molecule has 0 unspecified atom stereocenters. The number of hydrogen-bond acceptors (Lipinski definition) is 2. The molecule has 2 rings (SSSR count). The highest BCUT2D eigenvalue weighted by Crippen LogP contribution is 2.34. The molecule has 0 amide bonds. The van der Waals surface area contributed by atoms with Gasteiger partial charge in [-0.2, -0.15) is 8.78 Å². The van der Waals surface area contributed by atoms with Crippen LogP contribution >= 0.6 is 0 Å². The summed E-state index contributed by atoms with van der Waals surface area (Å²) in [5.74, 6) is 1.41. The lowest BCUT2D eigenvalue weighted by molar-refractivity contribution is -0.182. The lowest BCUT2D eigenvalue weighted by atomic mass is 9.78. The Hall–Kier alpha value is -0.480. The first-order valence-electron chi connectivity index (χ1n) is 7.98. The summed E-state index contributed by atoms with van der Waals surface area (Å²) in [6, 6.07) is 0. The van der Waals surface area contributed by atoms with E-state index in [1.165, 1.54) is 32.1 Å². The normalized spacial score (nSPS) is 28.3. The molecular formula is C16H26F2O2. The molecule has 0 spiro atoms. The zero-order chi connectivity index (χ0) is 14.2. The van der Waals surface area contributed by atoms with Crippen molar-refractivity contribution in [3.8, 4) is 0 Å². The first-order valence-corrected chi connectivity index (χ1v) is 7.98. The van der Waals surface area contributed by atoms with Gasteiger partial charge in [0.2, 0.25) is 0 Å². The molecule has 4 heteroatoms. The molecular weight excluding hydrogens is 262 g/mol. The van der Waals surface area contributed by atoms with Crippen molar-refractivity contribution in [1.82, 2.24) is 0 Å². The lowest BCUT2D eigenvalue weighted by Gasteiger charge is -2.30. The van der Waals surface area contributed by atoms with E-state index >= 15 is 0 Å². The summed E-state index contributed by atoms with van der Waals surface area (Å²) in [7, 11) is 0. The summed E-state index contributed by atoms with van der Waals surface area (Å²) in [6.07, 6.45) is 9.03. The van der Waals surface area contributed by atoms with E-state index in [9.17, 15) is 8.78 Å². The number of hydrogen-bond donors (Lipinski definition) is 0. The molecule has 0 aromatic carbocycles. The van der Waals surface area contributed by atoms with Crippen LogP contribution in [0.25, 0.3) is 0 Å². The SMILES string of the molecule is FC(F)=CCCC1CCC(CCC2OCCCO2)CC1. The minimum atomic E-state index is -1.54. The topological polar surface area (TPSA) is 18.5 Å². The fourth-order valence-corrected chi connectivity index (χ4v) is 3.31. The molecule has 116 valence electrons. The average molecular weight is 288 g/mol. The molecule has 0 N–H and O–H groups in total. The van der Waals surface area contributed by atoms with E-state index in [0.29, 0.717) is 12.3 Å². The van der Waals surface area contributed by atoms with Crippen LogP contribution in [0.1, 0.15) is 57.8 Å². The Labute approximate surface area is 120 Å². The van der Waals surface area contributed by atoms with Gasteiger partial charge >= 0.3 is 0 Å². The molecule has 1 saturated heterocycles. The van der Waals surface area contributed by atoms with Crippen LogP contribution in [-0.4, -0.2) is 19.5 Å². The molecule has 1 aliphatic carbocycles. The van der Waals surface area contributed by atoms with Crippen LogP contribution < -0.4 is 0 Å². The standard InChI is InChI=1S/C16H26F2O2/c17-15(18)4-1-3-13-5-7-14(8-6-13)9-10-16-19-11-2-12-20-16/h4,13-14,16H,1-3,5-12H2. The third kappa shape index (κ3) is 5.88. The molecule has 0 aromatic rings. The first-order chi connectivity index (χ1) is 9.74. The second kappa shape index (κ2) is 8.73. The second-order valence-electron chi connectivity index (χ2n) is 6.06. The van der Waals surface area contributed by atoms with Crippen molar-refractivity contribution in [3.05, 3.63) is 12.2 Å². The molecule has 0 bridgehead atoms. The molecule has 1 aliphatic heterocycles. The maximum atomic E-state index is 12.0. The predicted octanol–water partition coefficient (Wildman–Crippen LogP) is 4.90. The number of rotatable bonds is 6. The summed E-state index contributed by atoms with van der Waals surface area (Å²) in [5.41, 5.74) is 0. The van der Waals surface area contributed by atoms with E-state index in [4.69, 9.17) is 9.47 Å². The third-order valence-electron chi connectivity index (χ3n) is 4.55. The van der Waals surface area contributed by atoms with Crippen LogP contribution in [-0.2, 0) is 9.47 Å². The van der Waals surface area contributed by atoms with Crippen LogP contribution in [0.4, 0.5) is 8.78 Å². The Morgan fingerprint density at radius 1 is 0.900 bits per heavy atom. The summed E-state index contributed by atoms with van der Waals surface area (Å²) in [6.45, 7) is 1.66. The maximum absolute atomic E-state index is 12.0. The Morgan fingerprint density at radius 3 is 2.10 bits per heavy atom. The van der Waals surface area contributed by atoms with E-state index in [1.807, 2.05) is 0 Å². The smallest absolute Gasteiger partial charge is 0.266 e. The highest BCUT2D eigenvalue weighted by Gasteiger charge is 2.22. The molecule has 0 radical (unpaired) electrons. The second-order valence-corrected chi connectivity index (χ2v) is 6.06. The highest BCUT2D eigenvalue weighted by molar-refractivity contribution is 4.82. The molecule has 1 saturated carbocycles. The lowest BCUT2D eigenvalue weighted by Crippen LogP contribution is -2.26. The Balaban J connectivity index is 1.55. The van der Waals surface area contributed by atoms with Gasteiger partial charge in [-0.15, -0.1) is 0 Å². The van der Waals surface area contributed by atoms with Crippen molar-refractivity contribution in [2.75, 3.05) is 13.2 Å². The van der Waals surface area contributed by atoms with Gasteiger partial charge in [0.15, 0.2) is 6.29 Å². The Bertz CT molecular complexity index is 289. The van der Waals surface area contributed by atoms with Crippen LogP contribution in [0.5, 0.6) is 0 Å². The minimum absolute atomic E-state index is 0.0131. The minimum Gasteiger partial charge on any atom is -0.353 e. The van der Waals surface area contributed by atoms with Gasteiger partial charge < -0.3 is 9.47 Å². The summed E-state index contributed by atoms with van der Waals surface area (Å²) < 4.78 is 35.1. The number of ether oxygens (including phenoxy) is 2. The molecule has 1 heterocycles. The number of halogens is 2. The van der Waals surface area contributed by atoms with Gasteiger partial charge in [-0.25, -0.2) is 0 Å². The van der Waals surface area contributed by atoms with Crippen molar-refractivity contribution in [2.24, 2.45) is 11.8 Å². The summed E-state index contributed by atoms with van der Waals surface area (Å²) in [5, 5.41) is 0. The van der Waals surface area contributed by atoms with Gasteiger partial charge in [-0.05, 0) is 50.0 Å². The van der Waals surface area contributed by atoms with Crippen molar-refractivity contribution in [3.63, 3.8) is 0 Å². The van der Waals surface area contributed by atoms with Crippen LogP contribution in [0.3, 0.4) is 0 Å². The predicted molar refractivity (Wildman–Crippen MR) is 74.5 cm³/mol. The summed E-state index contributed by atoms with van der Waals surface area (Å²) in [4.78, 5) is 0. The first kappa shape index (κ1) is 15.9. The maximum Gasteiger partial charge on any atom is 0.266 e. The van der Waals surface area contributed by atoms with Gasteiger partial charge in [0, 0.05) is 0 Å². The van der Waals surface area contributed by atoms with Crippen LogP contribution in [0.2, 0.25) is 0 Å². The van der Waals surface area contributed by atoms with E-state index < -0.39 is 6.08 Å². The zero-order valence-corrected chi connectivity index (χ0v) is 12.2. The zero-order valence-electron chi connectivity index (χ0n) is 12.2. The molecule has 2 fully saturated rings. The molecule has 20 heavy (non-hydrogen) atoms. The highest BCUT2D eigenvalue weighted by atomic mass is 19.3. The van der Waals surface area contributed by atoms with Crippen molar-refractivity contribution < 1.29 is 18.3 Å². The molecule has 2 nitrogen and oxygen atoms in total.